The number of nitrogens with two attached hydrogens (primary N) is 1. The largest absolute Gasteiger partial charge is 0.327 e. The third kappa shape index (κ3) is 3.29. The lowest BCUT2D eigenvalue weighted by Crippen LogP contribution is -2.29. The number of hydrogen-bond acceptors (Lipinski definition) is 1. The zero-order valence-corrected chi connectivity index (χ0v) is 11.9. The fraction of sp³-hybridized carbons (Fsp3) is 0.368. The zero-order chi connectivity index (χ0) is 13.8. The lowest BCUT2D eigenvalue weighted by molar-refractivity contribution is 0.510. The fourth-order valence-corrected chi connectivity index (χ4v) is 3.01. The van der Waals surface area contributed by atoms with Crippen molar-refractivity contribution in [3.8, 4) is 0 Å². The van der Waals surface area contributed by atoms with Gasteiger partial charge >= 0.3 is 0 Å². The highest BCUT2D eigenvalue weighted by molar-refractivity contribution is 5.34. The maximum Gasteiger partial charge on any atom is 0.0241 e. The van der Waals surface area contributed by atoms with Crippen LogP contribution in [0.1, 0.15) is 42.7 Å². The van der Waals surface area contributed by atoms with E-state index in [4.69, 9.17) is 5.73 Å². The Morgan fingerprint density at radius 2 is 1.35 bits per heavy atom. The summed E-state index contributed by atoms with van der Waals surface area (Å²) in [4.78, 5) is 0. The van der Waals surface area contributed by atoms with Crippen molar-refractivity contribution in [3.63, 3.8) is 0 Å². The van der Waals surface area contributed by atoms with E-state index in [9.17, 15) is 0 Å². The lowest BCUT2D eigenvalue weighted by Gasteiger charge is -2.25. The van der Waals surface area contributed by atoms with Gasteiger partial charge in [0.1, 0.15) is 0 Å². The first kappa shape index (κ1) is 13.4. The molecule has 1 saturated carbocycles. The van der Waals surface area contributed by atoms with E-state index in [0.717, 1.165) is 12.3 Å². The van der Waals surface area contributed by atoms with Gasteiger partial charge in [-0.15, -0.1) is 0 Å². The molecule has 2 aromatic carbocycles. The van der Waals surface area contributed by atoms with Crippen molar-refractivity contribution in [2.75, 3.05) is 0 Å². The number of rotatable bonds is 6. The van der Waals surface area contributed by atoms with Crippen LogP contribution in [0.2, 0.25) is 0 Å². The van der Waals surface area contributed by atoms with Gasteiger partial charge in [-0.3, -0.25) is 0 Å². The second kappa shape index (κ2) is 6.23. The average Bonchev–Trinajstić information content (AvgIpc) is 3.32. The minimum atomic E-state index is 0.209. The molecule has 0 radical (unpaired) electrons. The molecule has 0 amide bonds. The van der Waals surface area contributed by atoms with Crippen LogP contribution in [0.4, 0.5) is 0 Å². The Kier molecular flexibility index (Phi) is 4.17. The molecule has 1 aliphatic rings. The number of benzene rings is 2. The van der Waals surface area contributed by atoms with E-state index in [-0.39, 0.29) is 6.04 Å². The molecular weight excluding hydrogens is 242 g/mol. The summed E-state index contributed by atoms with van der Waals surface area (Å²) in [6, 6.07) is 21.6. The quantitative estimate of drug-likeness (QED) is 0.826. The first-order chi connectivity index (χ1) is 9.84. The summed E-state index contributed by atoms with van der Waals surface area (Å²) in [5.41, 5.74) is 9.23. The summed E-state index contributed by atoms with van der Waals surface area (Å²) >= 11 is 0. The maximum atomic E-state index is 6.56. The van der Waals surface area contributed by atoms with E-state index in [0.29, 0.717) is 5.92 Å². The van der Waals surface area contributed by atoms with Crippen LogP contribution in [-0.2, 0) is 0 Å². The Labute approximate surface area is 121 Å². The lowest BCUT2D eigenvalue weighted by atomic mass is 9.83. The van der Waals surface area contributed by atoms with Crippen LogP contribution >= 0.6 is 0 Å². The Hall–Kier alpha value is -1.60. The van der Waals surface area contributed by atoms with Gasteiger partial charge in [0.25, 0.3) is 0 Å². The van der Waals surface area contributed by atoms with Gasteiger partial charge in [-0.05, 0) is 29.9 Å². The van der Waals surface area contributed by atoms with Crippen molar-refractivity contribution >= 4 is 0 Å². The van der Waals surface area contributed by atoms with E-state index in [1.807, 2.05) is 0 Å². The maximum absolute atomic E-state index is 6.56. The molecule has 0 aromatic heterocycles. The van der Waals surface area contributed by atoms with Gasteiger partial charge in [0.15, 0.2) is 0 Å². The molecule has 1 unspecified atom stereocenters. The third-order valence-electron chi connectivity index (χ3n) is 4.35. The summed E-state index contributed by atoms with van der Waals surface area (Å²) in [7, 11) is 0. The van der Waals surface area contributed by atoms with Crippen LogP contribution in [-0.4, -0.2) is 6.04 Å². The molecule has 1 atom stereocenters. The molecule has 2 N–H and O–H groups in total. The summed E-state index contributed by atoms with van der Waals surface area (Å²) in [6.45, 7) is 0. The molecule has 0 spiro atoms. The SMILES string of the molecule is NC(CCC1CC1)C(c1ccccc1)c1ccccc1. The second-order valence-electron chi connectivity index (χ2n) is 5.98. The summed E-state index contributed by atoms with van der Waals surface area (Å²) in [5, 5.41) is 0. The van der Waals surface area contributed by atoms with E-state index in [1.54, 1.807) is 0 Å². The van der Waals surface area contributed by atoms with Crippen molar-refractivity contribution in [3.05, 3.63) is 71.8 Å². The average molecular weight is 265 g/mol. The minimum Gasteiger partial charge on any atom is -0.327 e. The van der Waals surface area contributed by atoms with E-state index in [2.05, 4.69) is 60.7 Å². The Bertz CT molecular complexity index is 476. The molecule has 1 heteroatoms. The molecule has 0 heterocycles. The van der Waals surface area contributed by atoms with Gasteiger partial charge in [-0.25, -0.2) is 0 Å². The van der Waals surface area contributed by atoms with Crippen molar-refractivity contribution in [2.24, 2.45) is 11.7 Å². The molecule has 0 aliphatic heterocycles. The summed E-state index contributed by atoms with van der Waals surface area (Å²) < 4.78 is 0. The number of hydrogen-bond donors (Lipinski definition) is 1. The highest BCUT2D eigenvalue weighted by Crippen LogP contribution is 2.36. The zero-order valence-electron chi connectivity index (χ0n) is 11.9. The Morgan fingerprint density at radius 1 is 0.850 bits per heavy atom. The van der Waals surface area contributed by atoms with Crippen LogP contribution < -0.4 is 5.73 Å². The highest BCUT2D eigenvalue weighted by atomic mass is 14.7. The van der Waals surface area contributed by atoms with Gasteiger partial charge in [-0.2, -0.15) is 0 Å². The molecule has 1 fully saturated rings. The topological polar surface area (TPSA) is 26.0 Å². The molecule has 20 heavy (non-hydrogen) atoms. The first-order valence-electron chi connectivity index (χ1n) is 7.70. The van der Waals surface area contributed by atoms with Crippen LogP contribution in [0.15, 0.2) is 60.7 Å². The van der Waals surface area contributed by atoms with Crippen molar-refractivity contribution in [1.29, 1.82) is 0 Å². The van der Waals surface area contributed by atoms with Crippen molar-refractivity contribution < 1.29 is 0 Å². The minimum absolute atomic E-state index is 0.209. The molecule has 1 nitrogen and oxygen atoms in total. The Balaban J connectivity index is 1.82. The summed E-state index contributed by atoms with van der Waals surface area (Å²) in [5.74, 6) is 1.27. The molecule has 1 aliphatic carbocycles. The van der Waals surface area contributed by atoms with Gasteiger partial charge in [0.2, 0.25) is 0 Å². The van der Waals surface area contributed by atoms with Gasteiger partial charge < -0.3 is 5.73 Å². The van der Waals surface area contributed by atoms with E-state index in [1.165, 1.54) is 30.4 Å². The van der Waals surface area contributed by atoms with Gasteiger partial charge in [-0.1, -0.05) is 73.5 Å². The van der Waals surface area contributed by atoms with Crippen LogP contribution in [0.5, 0.6) is 0 Å². The molecule has 104 valence electrons. The van der Waals surface area contributed by atoms with Crippen LogP contribution in [0.3, 0.4) is 0 Å². The van der Waals surface area contributed by atoms with E-state index >= 15 is 0 Å². The monoisotopic (exact) mass is 265 g/mol. The summed E-state index contributed by atoms with van der Waals surface area (Å²) in [6.07, 6.45) is 5.23. The smallest absolute Gasteiger partial charge is 0.0241 e. The standard InChI is InChI=1S/C19H23N/c20-18(14-13-15-11-12-15)19(16-7-3-1-4-8-16)17-9-5-2-6-10-17/h1-10,15,18-19H,11-14,20H2. The molecular formula is C19H23N. The van der Waals surface area contributed by atoms with Crippen molar-refractivity contribution in [2.45, 2.75) is 37.6 Å². The van der Waals surface area contributed by atoms with Gasteiger partial charge in [0.05, 0.1) is 0 Å². The third-order valence-corrected chi connectivity index (χ3v) is 4.35. The molecule has 2 aromatic rings. The van der Waals surface area contributed by atoms with Crippen molar-refractivity contribution in [1.82, 2.24) is 0 Å². The molecule has 0 saturated heterocycles. The van der Waals surface area contributed by atoms with Gasteiger partial charge in [0, 0.05) is 12.0 Å². The Morgan fingerprint density at radius 3 is 1.80 bits per heavy atom. The highest BCUT2D eigenvalue weighted by Gasteiger charge is 2.26. The normalized spacial score (nSPS) is 16.3. The second-order valence-corrected chi connectivity index (χ2v) is 5.98. The first-order valence-corrected chi connectivity index (χ1v) is 7.70. The fourth-order valence-electron chi connectivity index (χ4n) is 3.01. The molecule has 0 bridgehead atoms. The van der Waals surface area contributed by atoms with Crippen LogP contribution in [0, 0.1) is 5.92 Å². The molecule has 3 rings (SSSR count). The predicted molar refractivity (Wildman–Crippen MR) is 84.7 cm³/mol. The predicted octanol–water partition coefficient (Wildman–Crippen LogP) is 4.34. The van der Waals surface area contributed by atoms with Crippen LogP contribution in [0.25, 0.3) is 0 Å². The van der Waals surface area contributed by atoms with E-state index < -0.39 is 0 Å².